The molecule has 2 atom stereocenters. The summed E-state index contributed by atoms with van der Waals surface area (Å²) in [5.74, 6) is 3.16. The molecule has 1 aromatic rings. The molecule has 18 heavy (non-hydrogen) atoms. The summed E-state index contributed by atoms with van der Waals surface area (Å²) in [7, 11) is 2.09. The van der Waals surface area contributed by atoms with Gasteiger partial charge in [0, 0.05) is 34.1 Å². The standard InChI is InChI=1S/C14H21NOS2/c1-15-14(10-3-2-5-16-8-10)13-7-11-9-17-6-4-12(11)18-13/h7,10,14-15H,2-6,8-9H2,1H3. The molecule has 1 saturated heterocycles. The van der Waals surface area contributed by atoms with Crippen LogP contribution in [0, 0.1) is 5.92 Å². The van der Waals surface area contributed by atoms with Gasteiger partial charge in [0.2, 0.25) is 0 Å². The van der Waals surface area contributed by atoms with Crippen LogP contribution in [0.1, 0.15) is 34.2 Å². The van der Waals surface area contributed by atoms with Crippen molar-refractivity contribution in [3.63, 3.8) is 0 Å². The van der Waals surface area contributed by atoms with Crippen LogP contribution < -0.4 is 5.32 Å². The van der Waals surface area contributed by atoms with Crippen molar-refractivity contribution in [1.82, 2.24) is 5.32 Å². The summed E-state index contributed by atoms with van der Waals surface area (Å²) < 4.78 is 5.65. The van der Waals surface area contributed by atoms with Gasteiger partial charge in [0.25, 0.3) is 0 Å². The SMILES string of the molecule is CNC(c1cc2c(s1)CCSC2)C1CCCOC1. The predicted molar refractivity (Wildman–Crippen MR) is 79.5 cm³/mol. The van der Waals surface area contributed by atoms with Crippen molar-refractivity contribution in [3.8, 4) is 0 Å². The zero-order valence-electron chi connectivity index (χ0n) is 10.9. The van der Waals surface area contributed by atoms with Crippen molar-refractivity contribution in [2.45, 2.75) is 31.1 Å². The van der Waals surface area contributed by atoms with Gasteiger partial charge in [-0.15, -0.1) is 11.3 Å². The second kappa shape index (κ2) is 5.95. The number of thiophene rings is 1. The van der Waals surface area contributed by atoms with Crippen LogP contribution in [-0.2, 0) is 16.9 Å². The van der Waals surface area contributed by atoms with E-state index in [1.54, 1.807) is 10.4 Å². The van der Waals surface area contributed by atoms with Crippen molar-refractivity contribution >= 4 is 23.1 Å². The normalized spacial score (nSPS) is 25.7. The lowest BCUT2D eigenvalue weighted by Crippen LogP contribution is -2.30. The van der Waals surface area contributed by atoms with Gasteiger partial charge in [-0.1, -0.05) is 0 Å². The minimum Gasteiger partial charge on any atom is -0.381 e. The predicted octanol–water partition coefficient (Wildman–Crippen LogP) is 3.22. The summed E-state index contributed by atoms with van der Waals surface area (Å²) in [6.45, 7) is 1.87. The number of hydrogen-bond donors (Lipinski definition) is 1. The van der Waals surface area contributed by atoms with E-state index in [0.29, 0.717) is 12.0 Å². The number of rotatable bonds is 3. The Balaban J connectivity index is 1.79. The topological polar surface area (TPSA) is 21.3 Å². The van der Waals surface area contributed by atoms with Crippen LogP contribution in [0.2, 0.25) is 0 Å². The van der Waals surface area contributed by atoms with Crippen LogP contribution in [0.15, 0.2) is 6.07 Å². The van der Waals surface area contributed by atoms with Gasteiger partial charge in [0.1, 0.15) is 0 Å². The molecule has 0 spiro atoms. The zero-order valence-corrected chi connectivity index (χ0v) is 12.5. The molecule has 1 aromatic heterocycles. The highest BCUT2D eigenvalue weighted by atomic mass is 32.2. The van der Waals surface area contributed by atoms with Gasteiger partial charge in [-0.05, 0) is 43.7 Å². The fourth-order valence-electron chi connectivity index (χ4n) is 2.96. The van der Waals surface area contributed by atoms with Crippen molar-refractivity contribution in [1.29, 1.82) is 0 Å². The molecule has 0 amide bonds. The van der Waals surface area contributed by atoms with Gasteiger partial charge >= 0.3 is 0 Å². The Kier molecular flexibility index (Phi) is 4.29. The third kappa shape index (κ3) is 2.62. The van der Waals surface area contributed by atoms with E-state index in [1.165, 1.54) is 35.6 Å². The monoisotopic (exact) mass is 283 g/mol. The summed E-state index contributed by atoms with van der Waals surface area (Å²) in [5, 5.41) is 3.52. The number of hydrogen-bond acceptors (Lipinski definition) is 4. The van der Waals surface area contributed by atoms with E-state index < -0.39 is 0 Å². The first kappa shape index (κ1) is 13.0. The van der Waals surface area contributed by atoms with Crippen LogP contribution in [0.25, 0.3) is 0 Å². The third-order valence-electron chi connectivity index (χ3n) is 3.93. The maximum atomic E-state index is 5.65. The van der Waals surface area contributed by atoms with Gasteiger partial charge in [0.05, 0.1) is 6.61 Å². The molecule has 1 fully saturated rings. The first-order chi connectivity index (χ1) is 8.88. The van der Waals surface area contributed by atoms with E-state index in [4.69, 9.17) is 4.74 Å². The Morgan fingerprint density at radius 3 is 3.17 bits per heavy atom. The quantitative estimate of drug-likeness (QED) is 0.920. The average Bonchev–Trinajstić information content (AvgIpc) is 2.84. The molecule has 3 heterocycles. The highest BCUT2D eigenvalue weighted by Gasteiger charge is 2.27. The van der Waals surface area contributed by atoms with E-state index >= 15 is 0 Å². The highest BCUT2D eigenvalue weighted by Crippen LogP contribution is 2.38. The Morgan fingerprint density at radius 2 is 2.44 bits per heavy atom. The van der Waals surface area contributed by atoms with Crippen LogP contribution in [0.3, 0.4) is 0 Å². The first-order valence-electron chi connectivity index (χ1n) is 6.82. The van der Waals surface area contributed by atoms with E-state index in [2.05, 4.69) is 30.2 Å². The van der Waals surface area contributed by atoms with Crippen molar-refractivity contribution in [2.24, 2.45) is 5.92 Å². The van der Waals surface area contributed by atoms with E-state index in [0.717, 1.165) is 13.2 Å². The molecular formula is C14H21NOS2. The molecule has 0 radical (unpaired) electrons. The molecule has 2 aliphatic heterocycles. The van der Waals surface area contributed by atoms with Crippen LogP contribution in [0.4, 0.5) is 0 Å². The Bertz CT molecular complexity index is 375. The fourth-order valence-corrected chi connectivity index (χ4v) is 5.54. The summed E-state index contributed by atoms with van der Waals surface area (Å²) in [6.07, 6.45) is 3.77. The van der Waals surface area contributed by atoms with Crippen molar-refractivity contribution in [2.75, 3.05) is 26.0 Å². The largest absolute Gasteiger partial charge is 0.381 e. The molecule has 2 nitrogen and oxygen atoms in total. The molecular weight excluding hydrogens is 262 g/mol. The van der Waals surface area contributed by atoms with Gasteiger partial charge in [0.15, 0.2) is 0 Å². The molecule has 0 aromatic carbocycles. The van der Waals surface area contributed by atoms with Crippen molar-refractivity contribution in [3.05, 3.63) is 21.4 Å². The summed E-state index contributed by atoms with van der Waals surface area (Å²) in [5.41, 5.74) is 1.59. The van der Waals surface area contributed by atoms with Crippen LogP contribution >= 0.6 is 23.1 Å². The molecule has 3 rings (SSSR count). The van der Waals surface area contributed by atoms with Crippen molar-refractivity contribution < 1.29 is 4.74 Å². The Hall–Kier alpha value is -0.0300. The lowest BCUT2D eigenvalue weighted by Gasteiger charge is -2.29. The smallest absolute Gasteiger partial charge is 0.0512 e. The summed E-state index contributed by atoms with van der Waals surface area (Å²) in [6, 6.07) is 2.94. The number of fused-ring (bicyclic) bond motifs is 1. The molecule has 4 heteroatoms. The minimum absolute atomic E-state index is 0.492. The molecule has 2 aliphatic rings. The molecule has 0 saturated carbocycles. The molecule has 0 aliphatic carbocycles. The first-order valence-corrected chi connectivity index (χ1v) is 8.80. The molecule has 100 valence electrons. The van der Waals surface area contributed by atoms with E-state index in [9.17, 15) is 0 Å². The summed E-state index contributed by atoms with van der Waals surface area (Å²) in [4.78, 5) is 3.15. The second-order valence-corrected chi connectivity index (χ2v) is 7.42. The average molecular weight is 283 g/mol. The summed E-state index contributed by atoms with van der Waals surface area (Å²) >= 11 is 4.10. The minimum atomic E-state index is 0.492. The maximum Gasteiger partial charge on any atom is 0.0512 e. The lowest BCUT2D eigenvalue weighted by atomic mass is 9.92. The Morgan fingerprint density at radius 1 is 1.50 bits per heavy atom. The number of nitrogens with one attached hydrogen (secondary N) is 1. The fraction of sp³-hybridized carbons (Fsp3) is 0.714. The van der Waals surface area contributed by atoms with Gasteiger partial charge < -0.3 is 10.1 Å². The zero-order chi connectivity index (χ0) is 12.4. The third-order valence-corrected chi connectivity index (χ3v) is 6.26. The number of ether oxygens (including phenoxy) is 1. The Labute approximate surface area is 117 Å². The van der Waals surface area contributed by atoms with Gasteiger partial charge in [-0.3, -0.25) is 0 Å². The molecule has 0 bridgehead atoms. The maximum absolute atomic E-state index is 5.65. The molecule has 1 N–H and O–H groups in total. The number of thioether (sulfide) groups is 1. The molecule has 2 unspecified atom stereocenters. The number of aryl methyl sites for hydroxylation is 1. The highest BCUT2D eigenvalue weighted by molar-refractivity contribution is 7.98. The van der Waals surface area contributed by atoms with E-state index in [-0.39, 0.29) is 0 Å². The lowest BCUT2D eigenvalue weighted by molar-refractivity contribution is 0.0407. The van der Waals surface area contributed by atoms with Gasteiger partial charge in [-0.25, -0.2) is 0 Å². The van der Waals surface area contributed by atoms with E-state index in [1.807, 2.05) is 11.3 Å². The second-order valence-electron chi connectivity index (χ2n) is 5.14. The van der Waals surface area contributed by atoms with Crippen LogP contribution in [0.5, 0.6) is 0 Å². The van der Waals surface area contributed by atoms with Gasteiger partial charge in [-0.2, -0.15) is 11.8 Å². The van der Waals surface area contributed by atoms with Crippen LogP contribution in [-0.4, -0.2) is 26.0 Å².